The first-order valence-corrected chi connectivity index (χ1v) is 7.60. The van der Waals surface area contributed by atoms with Crippen LogP contribution in [-0.4, -0.2) is 24.6 Å². The van der Waals surface area contributed by atoms with Crippen molar-refractivity contribution in [2.75, 3.05) is 25.0 Å². The molecule has 20 heavy (non-hydrogen) atoms. The fourth-order valence-electron chi connectivity index (χ4n) is 2.52. The van der Waals surface area contributed by atoms with Gasteiger partial charge in [0.25, 0.3) is 5.69 Å². The zero-order chi connectivity index (χ0) is 14.8. The van der Waals surface area contributed by atoms with Crippen molar-refractivity contribution < 1.29 is 4.92 Å². The van der Waals surface area contributed by atoms with E-state index in [1.54, 1.807) is 13.0 Å². The van der Waals surface area contributed by atoms with Crippen LogP contribution in [0, 0.1) is 22.5 Å². The number of nitrogens with zero attached hydrogens (tertiary/aromatic N) is 1. The third-order valence-corrected chi connectivity index (χ3v) is 4.65. The van der Waals surface area contributed by atoms with Crippen LogP contribution in [0.4, 0.5) is 11.4 Å². The number of hydrogen-bond donors (Lipinski definition) is 2. The molecule has 1 aliphatic rings. The van der Waals surface area contributed by atoms with E-state index >= 15 is 0 Å². The van der Waals surface area contributed by atoms with Gasteiger partial charge in [-0.25, -0.2) is 0 Å². The molecule has 110 valence electrons. The molecule has 0 spiro atoms. The second-order valence-electron chi connectivity index (χ2n) is 5.79. The summed E-state index contributed by atoms with van der Waals surface area (Å²) < 4.78 is 0.743. The molecule has 0 aromatic heterocycles. The minimum atomic E-state index is -0.349. The Kier molecular flexibility index (Phi) is 4.65. The van der Waals surface area contributed by atoms with E-state index in [1.165, 1.54) is 0 Å². The number of nitro groups is 1. The average Bonchev–Trinajstić information content (AvgIpc) is 2.40. The van der Waals surface area contributed by atoms with Crippen molar-refractivity contribution in [2.24, 2.45) is 5.41 Å². The largest absolute Gasteiger partial charge is 0.384 e. The monoisotopic (exact) mass is 341 g/mol. The Labute approximate surface area is 127 Å². The maximum Gasteiger partial charge on any atom is 0.273 e. The molecule has 1 aliphatic heterocycles. The first-order chi connectivity index (χ1) is 9.41. The van der Waals surface area contributed by atoms with E-state index in [-0.39, 0.29) is 16.0 Å². The van der Waals surface area contributed by atoms with Crippen LogP contribution in [0.1, 0.15) is 25.3 Å². The highest BCUT2D eigenvalue weighted by Crippen LogP contribution is 2.33. The van der Waals surface area contributed by atoms with Crippen molar-refractivity contribution in [3.8, 4) is 0 Å². The Morgan fingerprint density at radius 3 is 2.70 bits per heavy atom. The van der Waals surface area contributed by atoms with Crippen molar-refractivity contribution in [1.29, 1.82) is 0 Å². The van der Waals surface area contributed by atoms with Gasteiger partial charge in [-0.2, -0.15) is 0 Å². The predicted molar refractivity (Wildman–Crippen MR) is 84.2 cm³/mol. The summed E-state index contributed by atoms with van der Waals surface area (Å²) in [4.78, 5) is 10.5. The van der Waals surface area contributed by atoms with E-state index in [4.69, 9.17) is 0 Å². The number of anilines is 1. The molecule has 1 aromatic carbocycles. The van der Waals surface area contributed by atoms with Crippen LogP contribution in [-0.2, 0) is 0 Å². The lowest BCUT2D eigenvalue weighted by molar-refractivity contribution is -0.385. The number of hydrogen-bond acceptors (Lipinski definition) is 4. The number of nitro benzene ring substituents is 1. The SMILES string of the molecule is Cc1cc(NCC2(C)CCNCC2)c(Br)cc1[N+](=O)[O-]. The zero-order valence-corrected chi connectivity index (χ0v) is 13.4. The highest BCUT2D eigenvalue weighted by Gasteiger charge is 2.26. The van der Waals surface area contributed by atoms with E-state index in [0.717, 1.165) is 42.6 Å². The van der Waals surface area contributed by atoms with Crippen LogP contribution >= 0.6 is 15.9 Å². The lowest BCUT2D eigenvalue weighted by Crippen LogP contribution is -2.39. The average molecular weight is 342 g/mol. The van der Waals surface area contributed by atoms with Crippen LogP contribution in [0.25, 0.3) is 0 Å². The van der Waals surface area contributed by atoms with Gasteiger partial charge in [-0.1, -0.05) is 6.92 Å². The summed E-state index contributed by atoms with van der Waals surface area (Å²) in [6.45, 7) is 7.04. The summed E-state index contributed by atoms with van der Waals surface area (Å²) in [6, 6.07) is 3.41. The third kappa shape index (κ3) is 3.49. The maximum absolute atomic E-state index is 10.9. The third-order valence-electron chi connectivity index (χ3n) is 4.00. The van der Waals surface area contributed by atoms with E-state index in [2.05, 4.69) is 33.5 Å². The molecule has 0 unspecified atom stereocenters. The van der Waals surface area contributed by atoms with Crippen molar-refractivity contribution in [2.45, 2.75) is 26.7 Å². The molecular formula is C14H20BrN3O2. The number of rotatable bonds is 4. The summed E-state index contributed by atoms with van der Waals surface area (Å²) in [5, 5.41) is 17.7. The smallest absolute Gasteiger partial charge is 0.273 e. The number of nitrogens with one attached hydrogen (secondary N) is 2. The van der Waals surface area contributed by atoms with E-state index in [1.807, 2.05) is 6.07 Å². The van der Waals surface area contributed by atoms with Crippen molar-refractivity contribution >= 4 is 27.3 Å². The molecule has 6 heteroatoms. The van der Waals surface area contributed by atoms with Crippen molar-refractivity contribution in [3.05, 3.63) is 32.3 Å². The Balaban J connectivity index is 2.10. The quantitative estimate of drug-likeness (QED) is 0.650. The molecule has 0 amide bonds. The molecule has 0 bridgehead atoms. The van der Waals surface area contributed by atoms with Gasteiger partial charge in [0.1, 0.15) is 0 Å². The molecule has 0 atom stereocenters. The Morgan fingerprint density at radius 1 is 1.45 bits per heavy atom. The highest BCUT2D eigenvalue weighted by molar-refractivity contribution is 9.10. The predicted octanol–water partition coefficient (Wildman–Crippen LogP) is 3.47. The summed E-state index contributed by atoms with van der Waals surface area (Å²) in [5.74, 6) is 0. The molecule has 1 heterocycles. The molecule has 2 N–H and O–H groups in total. The van der Waals surface area contributed by atoms with Crippen LogP contribution in [0.15, 0.2) is 16.6 Å². The van der Waals surface area contributed by atoms with E-state index < -0.39 is 0 Å². The van der Waals surface area contributed by atoms with Crippen molar-refractivity contribution in [1.82, 2.24) is 5.32 Å². The zero-order valence-electron chi connectivity index (χ0n) is 11.8. The van der Waals surface area contributed by atoms with Crippen LogP contribution in [0.2, 0.25) is 0 Å². The van der Waals surface area contributed by atoms with E-state index in [9.17, 15) is 10.1 Å². The first kappa shape index (κ1) is 15.3. The molecule has 0 radical (unpaired) electrons. The number of aryl methyl sites for hydroxylation is 1. The Morgan fingerprint density at radius 2 is 2.10 bits per heavy atom. The van der Waals surface area contributed by atoms with Gasteiger partial charge in [-0.3, -0.25) is 10.1 Å². The maximum atomic E-state index is 10.9. The normalized spacial score (nSPS) is 17.8. The molecule has 5 nitrogen and oxygen atoms in total. The number of piperidine rings is 1. The number of benzene rings is 1. The van der Waals surface area contributed by atoms with Gasteiger partial charge in [-0.05, 0) is 60.3 Å². The second-order valence-corrected chi connectivity index (χ2v) is 6.64. The molecule has 1 aromatic rings. The first-order valence-electron chi connectivity index (χ1n) is 6.80. The fourth-order valence-corrected chi connectivity index (χ4v) is 2.99. The molecule has 2 rings (SSSR count). The van der Waals surface area contributed by atoms with Crippen molar-refractivity contribution in [3.63, 3.8) is 0 Å². The fraction of sp³-hybridized carbons (Fsp3) is 0.571. The molecule has 0 aliphatic carbocycles. The second kappa shape index (κ2) is 6.10. The van der Waals surface area contributed by atoms with Gasteiger partial charge in [-0.15, -0.1) is 0 Å². The Bertz CT molecular complexity index is 513. The molecule has 1 saturated heterocycles. The molecule has 0 saturated carbocycles. The molecular weight excluding hydrogens is 322 g/mol. The minimum absolute atomic E-state index is 0.149. The minimum Gasteiger partial charge on any atom is -0.384 e. The number of halogens is 1. The van der Waals surface area contributed by atoms with Gasteiger partial charge in [0, 0.05) is 28.3 Å². The lowest BCUT2D eigenvalue weighted by atomic mass is 9.81. The summed E-state index contributed by atoms with van der Waals surface area (Å²) in [5.41, 5.74) is 2.03. The van der Waals surface area contributed by atoms with E-state index in [0.29, 0.717) is 5.56 Å². The standard InChI is InChI=1S/C14H20BrN3O2/c1-10-7-12(11(15)8-13(10)18(19)20)17-9-14(2)3-5-16-6-4-14/h7-8,16-17H,3-6,9H2,1-2H3. The van der Waals surface area contributed by atoms with Gasteiger partial charge >= 0.3 is 0 Å². The van der Waals surface area contributed by atoms with Crippen LogP contribution < -0.4 is 10.6 Å². The highest BCUT2D eigenvalue weighted by atomic mass is 79.9. The summed E-state index contributed by atoms with van der Waals surface area (Å²) >= 11 is 3.41. The summed E-state index contributed by atoms with van der Waals surface area (Å²) in [6.07, 6.45) is 2.28. The van der Waals surface area contributed by atoms with Gasteiger partial charge in [0.2, 0.25) is 0 Å². The molecule has 1 fully saturated rings. The Hall–Kier alpha value is -1.14. The topological polar surface area (TPSA) is 67.2 Å². The van der Waals surface area contributed by atoms with Gasteiger partial charge in [0.05, 0.1) is 4.92 Å². The summed E-state index contributed by atoms with van der Waals surface area (Å²) in [7, 11) is 0. The van der Waals surface area contributed by atoms with Gasteiger partial charge < -0.3 is 10.6 Å². The van der Waals surface area contributed by atoms with Crippen LogP contribution in [0.3, 0.4) is 0 Å². The lowest BCUT2D eigenvalue weighted by Gasteiger charge is -2.34. The van der Waals surface area contributed by atoms with Gasteiger partial charge in [0.15, 0.2) is 0 Å². The van der Waals surface area contributed by atoms with Crippen LogP contribution in [0.5, 0.6) is 0 Å².